The lowest BCUT2D eigenvalue weighted by molar-refractivity contribution is 0.00693. The summed E-state index contributed by atoms with van der Waals surface area (Å²) in [7, 11) is 0. The van der Waals surface area contributed by atoms with Gasteiger partial charge in [0.2, 0.25) is 0 Å². The Bertz CT molecular complexity index is 1300. The summed E-state index contributed by atoms with van der Waals surface area (Å²) < 4.78 is 11.4. The largest absolute Gasteiger partial charge is 0.482 e. The quantitative estimate of drug-likeness (QED) is 0.196. The molecule has 1 aliphatic rings. The minimum absolute atomic E-state index is 0.108. The number of nitrogens with one attached hydrogen (secondary N) is 3. The van der Waals surface area contributed by atoms with Crippen LogP contribution in [0.4, 0.5) is 11.4 Å². The van der Waals surface area contributed by atoms with Crippen LogP contribution >= 0.6 is 0 Å². The van der Waals surface area contributed by atoms with Crippen LogP contribution < -0.4 is 21.1 Å². The summed E-state index contributed by atoms with van der Waals surface area (Å²) in [5, 5.41) is 14.3. The van der Waals surface area contributed by atoms with Crippen molar-refractivity contribution < 1.29 is 19.1 Å². The molecule has 3 aromatic carbocycles. The number of amides is 1. The Balaban J connectivity index is 1.47. The zero-order valence-electron chi connectivity index (χ0n) is 21.2. The average molecular weight is 501 g/mol. The van der Waals surface area contributed by atoms with Crippen LogP contribution in [0, 0.1) is 5.41 Å². The van der Waals surface area contributed by atoms with E-state index in [9.17, 15) is 9.59 Å². The van der Waals surface area contributed by atoms with Gasteiger partial charge in [0.15, 0.2) is 6.10 Å². The molecule has 5 N–H and O–H groups in total. The zero-order valence-corrected chi connectivity index (χ0v) is 21.2. The molecule has 0 radical (unpaired) electrons. The van der Waals surface area contributed by atoms with E-state index in [0.29, 0.717) is 35.5 Å². The number of ether oxygens (including phenoxy) is 2. The fourth-order valence-corrected chi connectivity index (χ4v) is 4.28. The normalized spacial score (nSPS) is 16.3. The number of fused-ring (bicyclic) bond motifs is 1. The van der Waals surface area contributed by atoms with Crippen LogP contribution in [0.5, 0.6) is 5.75 Å². The number of benzene rings is 3. The number of carbonyl (C=O) groups excluding carboxylic acids is 2. The van der Waals surface area contributed by atoms with E-state index in [4.69, 9.17) is 20.6 Å². The van der Waals surface area contributed by atoms with E-state index in [-0.39, 0.29) is 17.7 Å². The highest BCUT2D eigenvalue weighted by atomic mass is 16.6. The van der Waals surface area contributed by atoms with E-state index in [1.165, 1.54) is 0 Å². The average Bonchev–Trinajstić information content (AvgIpc) is 3.22. The van der Waals surface area contributed by atoms with Crippen LogP contribution in [0.3, 0.4) is 0 Å². The fourth-order valence-electron chi connectivity index (χ4n) is 4.28. The molecular weight excluding hydrogens is 468 g/mol. The van der Waals surface area contributed by atoms with Gasteiger partial charge < -0.3 is 25.8 Å². The first-order valence-electron chi connectivity index (χ1n) is 12.2. The molecule has 8 heteroatoms. The van der Waals surface area contributed by atoms with Crippen molar-refractivity contribution in [3.8, 4) is 5.75 Å². The summed E-state index contributed by atoms with van der Waals surface area (Å²) in [5.41, 5.74) is 8.48. The molecule has 0 aliphatic carbocycles. The van der Waals surface area contributed by atoms with Crippen molar-refractivity contribution in [2.24, 2.45) is 5.73 Å². The topological polar surface area (TPSA) is 127 Å². The van der Waals surface area contributed by atoms with E-state index in [1.807, 2.05) is 69.3 Å². The van der Waals surface area contributed by atoms with Gasteiger partial charge >= 0.3 is 5.97 Å². The maximum atomic E-state index is 13.1. The first-order valence-corrected chi connectivity index (χ1v) is 12.2. The first kappa shape index (κ1) is 25.8. The smallest absolute Gasteiger partial charge is 0.338 e. The number of rotatable bonds is 8. The molecule has 0 fully saturated rings. The number of anilines is 2. The van der Waals surface area contributed by atoms with Gasteiger partial charge in [0.1, 0.15) is 17.2 Å². The summed E-state index contributed by atoms with van der Waals surface area (Å²) in [6.45, 7) is 5.76. The monoisotopic (exact) mass is 500 g/mol. The summed E-state index contributed by atoms with van der Waals surface area (Å²) >= 11 is 0. The van der Waals surface area contributed by atoms with Gasteiger partial charge in [0.05, 0.1) is 16.8 Å². The second kappa shape index (κ2) is 10.7. The highest BCUT2D eigenvalue weighted by Crippen LogP contribution is 2.41. The number of para-hydroxylation sites is 2. The van der Waals surface area contributed by atoms with Gasteiger partial charge in [-0.15, -0.1) is 0 Å². The van der Waals surface area contributed by atoms with Crippen LogP contribution in [0.25, 0.3) is 0 Å². The van der Waals surface area contributed by atoms with Gasteiger partial charge in [-0.25, -0.2) is 4.79 Å². The van der Waals surface area contributed by atoms with Gasteiger partial charge in [0.25, 0.3) is 5.91 Å². The SMILES string of the molecule is CC(C)(C)OC(=O)c1ccc2c(c1)C(CCNC(=O)c1ccccc1Nc1ccccc1)C(C(=N)N)O2. The third kappa shape index (κ3) is 6.27. The summed E-state index contributed by atoms with van der Waals surface area (Å²) in [6.07, 6.45) is -0.206. The highest BCUT2D eigenvalue weighted by molar-refractivity contribution is 6.00. The van der Waals surface area contributed by atoms with E-state index in [1.54, 1.807) is 24.3 Å². The fraction of sp³-hybridized carbons (Fsp3) is 0.276. The summed E-state index contributed by atoms with van der Waals surface area (Å²) in [4.78, 5) is 25.7. The molecule has 0 saturated carbocycles. The van der Waals surface area contributed by atoms with Crippen LogP contribution in [0.2, 0.25) is 0 Å². The molecule has 0 spiro atoms. The lowest BCUT2D eigenvalue weighted by Gasteiger charge is -2.20. The molecule has 1 aliphatic heterocycles. The van der Waals surface area contributed by atoms with Crippen molar-refractivity contribution in [3.05, 3.63) is 89.5 Å². The Morgan fingerprint density at radius 3 is 2.43 bits per heavy atom. The number of amidine groups is 1. The van der Waals surface area contributed by atoms with Gasteiger partial charge in [-0.3, -0.25) is 10.2 Å². The number of esters is 1. The molecule has 2 unspecified atom stereocenters. The number of hydrogen-bond donors (Lipinski definition) is 4. The van der Waals surface area contributed by atoms with Crippen LogP contribution in [-0.2, 0) is 4.74 Å². The molecular formula is C29H32N4O4. The third-order valence-electron chi connectivity index (χ3n) is 5.94. The minimum atomic E-state index is -0.673. The standard InChI is InChI=1S/C29H32N4O4/c1-29(2,3)37-28(35)18-13-14-24-22(17-18)20(25(36-24)26(30)31)15-16-32-27(34)21-11-7-8-12-23(21)33-19-9-5-4-6-10-19/h4-14,17,20,25,33H,15-16H2,1-3H3,(H3,30,31)(H,32,34). The molecule has 4 rings (SSSR count). The van der Waals surface area contributed by atoms with Crippen molar-refractivity contribution in [1.29, 1.82) is 5.41 Å². The maximum Gasteiger partial charge on any atom is 0.338 e. The molecule has 1 heterocycles. The minimum Gasteiger partial charge on any atom is -0.482 e. The van der Waals surface area contributed by atoms with Crippen LogP contribution in [0.15, 0.2) is 72.8 Å². The number of carbonyl (C=O) groups is 2. The lowest BCUT2D eigenvalue weighted by Crippen LogP contribution is -2.36. The van der Waals surface area contributed by atoms with Gasteiger partial charge in [-0.2, -0.15) is 0 Å². The molecule has 0 aromatic heterocycles. The predicted molar refractivity (Wildman–Crippen MR) is 144 cm³/mol. The Hall–Kier alpha value is -4.33. The Morgan fingerprint density at radius 1 is 1.03 bits per heavy atom. The van der Waals surface area contributed by atoms with E-state index in [2.05, 4.69) is 10.6 Å². The molecule has 192 valence electrons. The van der Waals surface area contributed by atoms with E-state index >= 15 is 0 Å². The number of hydrogen-bond acceptors (Lipinski definition) is 6. The van der Waals surface area contributed by atoms with Gasteiger partial charge in [0, 0.05) is 23.7 Å². The molecule has 0 saturated heterocycles. The Morgan fingerprint density at radius 2 is 1.73 bits per heavy atom. The molecule has 8 nitrogen and oxygen atoms in total. The molecule has 1 amide bonds. The lowest BCUT2D eigenvalue weighted by atomic mass is 9.90. The Labute approximate surface area is 216 Å². The zero-order chi connectivity index (χ0) is 26.6. The van der Waals surface area contributed by atoms with Gasteiger partial charge in [-0.05, 0) is 69.7 Å². The molecule has 3 aromatic rings. The van der Waals surface area contributed by atoms with Crippen molar-refractivity contribution in [3.63, 3.8) is 0 Å². The Kier molecular flexibility index (Phi) is 7.47. The number of nitrogens with two attached hydrogens (primary N) is 1. The molecule has 37 heavy (non-hydrogen) atoms. The van der Waals surface area contributed by atoms with Gasteiger partial charge in [-0.1, -0.05) is 30.3 Å². The molecule has 2 atom stereocenters. The molecule has 0 bridgehead atoms. The van der Waals surface area contributed by atoms with Crippen LogP contribution in [0.1, 0.15) is 59.4 Å². The second-order valence-corrected chi connectivity index (χ2v) is 9.94. The van der Waals surface area contributed by atoms with Crippen molar-refractivity contribution >= 4 is 29.1 Å². The van der Waals surface area contributed by atoms with E-state index in [0.717, 1.165) is 11.3 Å². The third-order valence-corrected chi connectivity index (χ3v) is 5.94. The summed E-state index contributed by atoms with van der Waals surface area (Å²) in [6, 6.07) is 22.0. The predicted octanol–water partition coefficient (Wildman–Crippen LogP) is 4.99. The second-order valence-electron chi connectivity index (χ2n) is 9.94. The maximum absolute atomic E-state index is 13.1. The first-order chi connectivity index (χ1) is 17.6. The highest BCUT2D eigenvalue weighted by Gasteiger charge is 2.37. The van der Waals surface area contributed by atoms with Crippen molar-refractivity contribution in [1.82, 2.24) is 5.32 Å². The summed E-state index contributed by atoms with van der Waals surface area (Å²) in [5.74, 6) is -0.492. The van der Waals surface area contributed by atoms with Crippen molar-refractivity contribution in [2.45, 2.75) is 44.8 Å². The van der Waals surface area contributed by atoms with Crippen LogP contribution in [-0.4, -0.2) is 36.0 Å². The van der Waals surface area contributed by atoms with Crippen molar-refractivity contribution in [2.75, 3.05) is 11.9 Å². The van der Waals surface area contributed by atoms with E-state index < -0.39 is 17.7 Å².